The second-order valence-electron chi connectivity index (χ2n) is 7.16. The van der Waals surface area contributed by atoms with Gasteiger partial charge in [0.2, 0.25) is 0 Å². The second-order valence-corrected chi connectivity index (χ2v) is 7.16. The van der Waals surface area contributed by atoms with E-state index in [1.54, 1.807) is 0 Å². The third-order valence-corrected chi connectivity index (χ3v) is 5.35. The third-order valence-electron chi connectivity index (χ3n) is 5.35. The van der Waals surface area contributed by atoms with Gasteiger partial charge in [0.1, 0.15) is 0 Å². The molecule has 4 N–H and O–H groups in total. The van der Waals surface area contributed by atoms with Crippen molar-refractivity contribution in [2.45, 2.75) is 75.3 Å². The van der Waals surface area contributed by atoms with E-state index in [1.807, 2.05) is 0 Å². The van der Waals surface area contributed by atoms with Gasteiger partial charge in [0.15, 0.2) is 0 Å². The van der Waals surface area contributed by atoms with E-state index < -0.39 is 23.0 Å². The van der Waals surface area contributed by atoms with Crippen molar-refractivity contribution < 1.29 is 47.1 Å². The molecular weight excluding hydrogens is 404 g/mol. The molecule has 8 nitrogen and oxygen atoms in total. The number of carboxylic acids is 2. The second kappa shape index (κ2) is 13.5. The van der Waals surface area contributed by atoms with E-state index in [9.17, 15) is 19.8 Å². The molecule has 0 atom stereocenters. The van der Waals surface area contributed by atoms with Gasteiger partial charge in [0, 0.05) is 13.1 Å². The maximum Gasteiger partial charge on any atom is 2.00 e. The van der Waals surface area contributed by atoms with E-state index in [-0.39, 0.29) is 30.3 Å². The van der Waals surface area contributed by atoms with Gasteiger partial charge in [-0.1, -0.05) is 38.5 Å². The fraction of sp³-hybridized carbons (Fsp3) is 0.889. The molecule has 2 aliphatic carbocycles. The average Bonchev–Trinajstić information content (AvgIpc) is 2.66. The molecule has 2 fully saturated rings. The summed E-state index contributed by atoms with van der Waals surface area (Å²) in [5.74, 6) is -2.05. The number of nitrogens with one attached hydrogen (secondary N) is 2. The smallest absolute Gasteiger partial charge is 0.548 e. The molecule has 0 bridgehead atoms. The summed E-state index contributed by atoms with van der Waals surface area (Å²) < 4.78 is 0. The number of hydrogen-bond donors (Lipinski definition) is 4. The zero-order chi connectivity index (χ0) is 19.5. The topological polar surface area (TPSA) is 145 Å². The Morgan fingerprint density at radius 3 is 1.22 bits per heavy atom. The molecule has 0 aromatic heterocycles. The van der Waals surface area contributed by atoms with Gasteiger partial charge in [-0.15, -0.1) is 0 Å². The summed E-state index contributed by atoms with van der Waals surface area (Å²) in [6.07, 6.45) is 8.36. The van der Waals surface area contributed by atoms with Crippen LogP contribution in [0.1, 0.15) is 64.2 Å². The van der Waals surface area contributed by atoms with E-state index >= 15 is 0 Å². The van der Waals surface area contributed by atoms with E-state index in [1.165, 1.54) is 0 Å². The van der Waals surface area contributed by atoms with Crippen molar-refractivity contribution in [3.63, 3.8) is 0 Å². The molecule has 0 aliphatic heterocycles. The van der Waals surface area contributed by atoms with Crippen molar-refractivity contribution in [1.82, 2.24) is 10.6 Å². The molecule has 2 aliphatic rings. The number of aliphatic carboxylic acids is 2. The number of aliphatic hydroxyl groups excluding tert-OH is 2. The Kier molecular flexibility index (Phi) is 13.1. The Morgan fingerprint density at radius 1 is 0.704 bits per heavy atom. The summed E-state index contributed by atoms with van der Waals surface area (Å²) in [4.78, 5) is 21.9. The normalized spacial score (nSPS) is 20.5. The third kappa shape index (κ3) is 8.05. The van der Waals surface area contributed by atoms with Gasteiger partial charge < -0.3 is 40.6 Å². The average molecular weight is 436 g/mol. The van der Waals surface area contributed by atoms with Gasteiger partial charge >= 0.3 is 17.1 Å². The Balaban J connectivity index is 0.000000483. The van der Waals surface area contributed by atoms with Crippen LogP contribution < -0.4 is 20.8 Å². The molecule has 0 aromatic rings. The van der Waals surface area contributed by atoms with Crippen LogP contribution in [-0.4, -0.2) is 59.5 Å². The zero-order valence-electron chi connectivity index (χ0n) is 15.7. The first-order valence-corrected chi connectivity index (χ1v) is 9.57. The Hall–Kier alpha value is -0.701. The van der Waals surface area contributed by atoms with Crippen LogP contribution in [-0.2, 0) is 26.7 Å². The number of β-amino-alcohol motifs (C(OH)–C–C–N with tert-alkyl or cyclic N) is 2. The summed E-state index contributed by atoms with van der Waals surface area (Å²) in [5.41, 5.74) is -1.75. The maximum atomic E-state index is 10.9. The predicted octanol–water partition coefficient (Wildman–Crippen LogP) is -1.96. The minimum Gasteiger partial charge on any atom is -0.548 e. The monoisotopic (exact) mass is 435 g/mol. The number of carbonyl (C=O) groups excluding carboxylic acids is 2. The van der Waals surface area contributed by atoms with Crippen molar-refractivity contribution in [1.29, 1.82) is 0 Å². The first kappa shape index (κ1) is 26.3. The van der Waals surface area contributed by atoms with Gasteiger partial charge in [-0.3, -0.25) is 0 Å². The first-order valence-electron chi connectivity index (χ1n) is 9.57. The molecule has 0 saturated heterocycles. The van der Waals surface area contributed by atoms with Gasteiger partial charge in [-0.05, 0) is 25.7 Å². The SMILES string of the molecule is O=C([O-])C1(NCCO)CCCCC1.O=C([O-])C1(NCCO)CCCCC1.[Cu+2]. The van der Waals surface area contributed by atoms with Crippen molar-refractivity contribution in [2.24, 2.45) is 0 Å². The van der Waals surface area contributed by atoms with Crippen LogP contribution in [0.4, 0.5) is 0 Å². The van der Waals surface area contributed by atoms with Crippen LogP contribution in [0.25, 0.3) is 0 Å². The number of carboxylic acid groups (broad SMARTS) is 2. The molecular formula is C18H32CuN2O6. The van der Waals surface area contributed by atoms with Crippen LogP contribution >= 0.6 is 0 Å². The minimum absolute atomic E-state index is 0. The first-order chi connectivity index (χ1) is 12.4. The molecule has 0 aromatic carbocycles. The van der Waals surface area contributed by atoms with Crippen molar-refractivity contribution in [3.8, 4) is 0 Å². The van der Waals surface area contributed by atoms with E-state index in [0.29, 0.717) is 38.8 Å². The van der Waals surface area contributed by atoms with Crippen LogP contribution in [0.15, 0.2) is 0 Å². The van der Waals surface area contributed by atoms with Crippen molar-refractivity contribution in [2.75, 3.05) is 26.3 Å². The molecule has 9 heteroatoms. The fourth-order valence-electron chi connectivity index (χ4n) is 3.81. The van der Waals surface area contributed by atoms with E-state index in [0.717, 1.165) is 38.5 Å². The molecule has 0 unspecified atom stereocenters. The number of carbonyl (C=O) groups is 2. The number of aliphatic hydroxyl groups is 2. The van der Waals surface area contributed by atoms with Gasteiger partial charge in [-0.2, -0.15) is 0 Å². The van der Waals surface area contributed by atoms with Gasteiger partial charge in [0.25, 0.3) is 0 Å². The fourth-order valence-corrected chi connectivity index (χ4v) is 3.81. The number of rotatable bonds is 8. The Labute approximate surface area is 171 Å². The summed E-state index contributed by atoms with van der Waals surface area (Å²) >= 11 is 0. The van der Waals surface area contributed by atoms with Crippen molar-refractivity contribution in [3.05, 3.63) is 0 Å². The van der Waals surface area contributed by atoms with Crippen LogP contribution in [0.3, 0.4) is 0 Å². The quantitative estimate of drug-likeness (QED) is 0.321. The van der Waals surface area contributed by atoms with Gasteiger partial charge in [0.05, 0.1) is 36.2 Å². The molecule has 0 heterocycles. The summed E-state index contributed by atoms with van der Waals surface area (Å²) in [7, 11) is 0. The molecule has 0 amide bonds. The Morgan fingerprint density at radius 2 is 1.00 bits per heavy atom. The predicted molar refractivity (Wildman–Crippen MR) is 91.8 cm³/mol. The molecule has 0 spiro atoms. The van der Waals surface area contributed by atoms with Crippen LogP contribution in [0.2, 0.25) is 0 Å². The van der Waals surface area contributed by atoms with Gasteiger partial charge in [-0.25, -0.2) is 0 Å². The summed E-state index contributed by atoms with van der Waals surface area (Å²) in [6.45, 7) is 0.589. The van der Waals surface area contributed by atoms with Crippen LogP contribution in [0, 0.1) is 0 Å². The summed E-state index contributed by atoms with van der Waals surface area (Å²) in [6, 6.07) is 0. The molecule has 2 saturated carbocycles. The standard InChI is InChI=1S/2C9H17NO3.Cu/c2*11-7-6-10-9(8(12)13)4-2-1-3-5-9;/h2*10-11H,1-7H2,(H,12,13);/q;;+2/p-2. The largest absolute Gasteiger partial charge is 2.00 e. The summed E-state index contributed by atoms with van der Waals surface area (Å²) in [5, 5.41) is 44.8. The molecule has 27 heavy (non-hydrogen) atoms. The minimum atomic E-state index is -1.03. The maximum absolute atomic E-state index is 10.9. The zero-order valence-corrected chi connectivity index (χ0v) is 16.7. The Bertz CT molecular complexity index is 398. The molecule has 161 valence electrons. The van der Waals surface area contributed by atoms with E-state index in [4.69, 9.17) is 10.2 Å². The van der Waals surface area contributed by atoms with E-state index in [2.05, 4.69) is 10.6 Å². The van der Waals surface area contributed by atoms with Crippen LogP contribution in [0.5, 0.6) is 0 Å². The number of hydrogen-bond acceptors (Lipinski definition) is 8. The van der Waals surface area contributed by atoms with Crippen molar-refractivity contribution >= 4 is 11.9 Å². The molecule has 2 rings (SSSR count). The molecule has 1 radical (unpaired) electrons.